The van der Waals surface area contributed by atoms with Crippen LogP contribution in [0.15, 0.2) is 48.5 Å². The van der Waals surface area contributed by atoms with Crippen molar-refractivity contribution in [3.8, 4) is 23.7 Å². The van der Waals surface area contributed by atoms with Gasteiger partial charge in [0.05, 0.1) is 30.3 Å². The maximum atomic E-state index is 14.1. The van der Waals surface area contributed by atoms with Gasteiger partial charge in [-0.3, -0.25) is 28.8 Å². The number of hydrogen-bond acceptors (Lipinski definition) is 9. The van der Waals surface area contributed by atoms with E-state index in [1.807, 2.05) is 104 Å². The highest BCUT2D eigenvalue weighted by atomic mass is 16.5. The maximum Gasteiger partial charge on any atom is 0.246 e. The molecule has 2 saturated heterocycles. The molecule has 70 heavy (non-hydrogen) atoms. The summed E-state index contributed by atoms with van der Waals surface area (Å²) < 4.78 is 12.6. The fourth-order valence-electron chi connectivity index (χ4n) is 9.83. The molecular weight excluding hydrogens is 887 g/mol. The molecule has 0 spiro atoms. The first-order chi connectivity index (χ1) is 33.2. The fourth-order valence-corrected chi connectivity index (χ4v) is 9.83. The second kappa shape index (κ2) is 23.4. The van der Waals surface area contributed by atoms with Crippen LogP contribution in [0.5, 0.6) is 0 Å². The van der Waals surface area contributed by atoms with E-state index in [0.717, 1.165) is 22.3 Å². The second-order valence-electron chi connectivity index (χ2n) is 21.4. The van der Waals surface area contributed by atoms with Crippen LogP contribution in [-0.4, -0.2) is 121 Å². The summed E-state index contributed by atoms with van der Waals surface area (Å²) in [5, 5.41) is 15.3. The fraction of sp³-hybridized carbons (Fsp3) is 0.600. The van der Waals surface area contributed by atoms with Gasteiger partial charge in [-0.1, -0.05) is 116 Å². The highest BCUT2D eigenvalue weighted by Gasteiger charge is 2.46. The quantitative estimate of drug-likeness (QED) is 0.153. The van der Waals surface area contributed by atoms with E-state index in [1.54, 1.807) is 23.8 Å². The number of likely N-dealkylation sites (tertiary alicyclic amines) is 2. The second-order valence-corrected chi connectivity index (χ2v) is 21.4. The monoisotopic (exact) mass is 962 g/mol. The van der Waals surface area contributed by atoms with Gasteiger partial charge in [0.2, 0.25) is 35.4 Å². The van der Waals surface area contributed by atoms with E-state index in [9.17, 15) is 28.8 Å². The molecule has 2 aromatic carbocycles. The lowest BCUT2D eigenvalue weighted by atomic mass is 9.85. The molecule has 0 aromatic heterocycles. The molecule has 6 rings (SSSR count). The van der Waals surface area contributed by atoms with E-state index in [4.69, 9.17) is 9.47 Å². The van der Waals surface area contributed by atoms with Crippen molar-refractivity contribution in [2.24, 2.45) is 16.7 Å². The van der Waals surface area contributed by atoms with Crippen LogP contribution < -0.4 is 26.6 Å². The van der Waals surface area contributed by atoms with Crippen molar-refractivity contribution in [3.63, 3.8) is 0 Å². The minimum absolute atomic E-state index is 0.0695. The summed E-state index contributed by atoms with van der Waals surface area (Å²) in [4.78, 5) is 85.4. The Bertz CT molecular complexity index is 2200. The van der Waals surface area contributed by atoms with Gasteiger partial charge in [-0.05, 0) is 91.0 Å². The number of carbonyl (C=O) groups is 6. The number of nitrogens with zero attached hydrogens (tertiary/aromatic N) is 2. The van der Waals surface area contributed by atoms with Crippen molar-refractivity contribution in [1.82, 2.24) is 36.4 Å². The number of amides is 6. The Morgan fingerprint density at radius 3 is 1.47 bits per heavy atom. The molecule has 2 aliphatic heterocycles. The molecule has 0 saturated carbocycles. The first-order valence-electron chi connectivity index (χ1n) is 25.1. The molecule has 10 atom stereocenters. The zero-order chi connectivity index (χ0) is 50.9. The van der Waals surface area contributed by atoms with Crippen molar-refractivity contribution in [1.29, 1.82) is 0 Å². The zero-order valence-corrected chi connectivity index (χ0v) is 42.8. The van der Waals surface area contributed by atoms with Crippen molar-refractivity contribution < 1.29 is 38.2 Å². The SMILES string of the molecule is CC[C@@H](C)C(=O)N[C@H](C(=O)N1CCC[C@H]1C(=O)N[C@H]1c2ccccc2C[C@@H]1OCC#CC#CCO[C@H]1Cc2ccccc2[C@@H]1NC(=O)[C@@H]1CCCN1C(=O)[C@@H](NC(=O)[C@H](C)NC)C(C)(C)C)C(C)(C)C. The Morgan fingerprint density at radius 1 is 0.657 bits per heavy atom. The van der Waals surface area contributed by atoms with Crippen molar-refractivity contribution in [3.05, 3.63) is 70.8 Å². The molecular formula is C55H75N7O8. The highest BCUT2D eigenvalue weighted by molar-refractivity contribution is 5.95. The van der Waals surface area contributed by atoms with Crippen LogP contribution >= 0.6 is 0 Å². The predicted octanol–water partition coefficient (Wildman–Crippen LogP) is 4.29. The number of rotatable bonds is 16. The van der Waals surface area contributed by atoms with E-state index in [1.165, 1.54) is 0 Å². The van der Waals surface area contributed by atoms with Gasteiger partial charge in [0.25, 0.3) is 0 Å². The third-order valence-corrected chi connectivity index (χ3v) is 14.3. The third-order valence-electron chi connectivity index (χ3n) is 14.3. The van der Waals surface area contributed by atoms with E-state index < -0.39 is 65.3 Å². The number of nitrogens with one attached hydrogen (secondary N) is 5. The van der Waals surface area contributed by atoms with E-state index in [0.29, 0.717) is 58.0 Å². The number of carbonyl (C=O) groups excluding carboxylic acids is 6. The number of ether oxygens (including phenoxy) is 2. The van der Waals surface area contributed by atoms with Crippen molar-refractivity contribution >= 4 is 35.4 Å². The van der Waals surface area contributed by atoms with Gasteiger partial charge in [0, 0.05) is 31.8 Å². The molecule has 6 amide bonds. The summed E-state index contributed by atoms with van der Waals surface area (Å²) >= 11 is 0. The van der Waals surface area contributed by atoms with Gasteiger partial charge in [-0.2, -0.15) is 0 Å². The van der Waals surface area contributed by atoms with Crippen LogP contribution in [-0.2, 0) is 51.1 Å². The molecule has 2 aromatic rings. The first-order valence-corrected chi connectivity index (χ1v) is 25.1. The molecule has 2 aliphatic carbocycles. The van der Waals surface area contributed by atoms with E-state index in [2.05, 4.69) is 50.3 Å². The lowest BCUT2D eigenvalue weighted by Crippen LogP contribution is -2.59. The Labute approximate surface area is 415 Å². The van der Waals surface area contributed by atoms with E-state index in [-0.39, 0.29) is 54.6 Å². The lowest BCUT2D eigenvalue weighted by Gasteiger charge is -2.36. The Kier molecular flexibility index (Phi) is 18.0. The predicted molar refractivity (Wildman–Crippen MR) is 267 cm³/mol. The van der Waals surface area contributed by atoms with E-state index >= 15 is 0 Å². The summed E-state index contributed by atoms with van der Waals surface area (Å²) in [6.45, 7) is 18.0. The zero-order valence-electron chi connectivity index (χ0n) is 42.8. The van der Waals surface area contributed by atoms with Gasteiger partial charge < -0.3 is 45.9 Å². The molecule has 2 heterocycles. The van der Waals surface area contributed by atoms with Gasteiger partial charge in [0.1, 0.15) is 37.4 Å². The Hall–Kier alpha value is -5.74. The summed E-state index contributed by atoms with van der Waals surface area (Å²) in [6, 6.07) is 11.4. The number of hydrogen-bond donors (Lipinski definition) is 5. The molecule has 378 valence electrons. The minimum Gasteiger partial charge on any atom is -0.363 e. The Balaban J connectivity index is 1.05. The Morgan fingerprint density at radius 2 is 1.07 bits per heavy atom. The van der Waals surface area contributed by atoms with Crippen molar-refractivity contribution in [2.45, 2.75) is 162 Å². The summed E-state index contributed by atoms with van der Waals surface area (Å²) in [6.07, 6.45) is 3.37. The first kappa shape index (κ1) is 53.6. The van der Waals surface area contributed by atoms with Gasteiger partial charge in [-0.25, -0.2) is 0 Å². The van der Waals surface area contributed by atoms with Crippen LogP contribution in [0, 0.1) is 40.4 Å². The number of likely N-dealkylation sites (N-methyl/N-ethyl adjacent to an activating group) is 1. The third kappa shape index (κ3) is 12.8. The minimum atomic E-state index is -0.817. The van der Waals surface area contributed by atoms with Crippen molar-refractivity contribution in [2.75, 3.05) is 33.4 Å². The standard InChI is InChI=1S/C55H75N7O8/c1-11-34(2)48(63)59-46(54(4,5)6)52(67)61-28-20-26-40(61)50(65)57-44-38-24-16-14-22-36(38)32-42(44)69-30-18-12-13-19-31-70-43-33-37-23-15-17-25-39(37)45(43)58-51(66)41-27-21-29-62(41)53(68)47(55(7,8)9)60-49(64)35(3)56-10/h14-17,22-25,34-35,40-47,56H,11,20-21,26-33H2,1-10H3,(H,57,65)(H,58,66)(H,59,63)(H,60,64)/t34-,35+,40+,41+,42+,43+,44+,45+,46-,47-/m1/s1. The molecule has 2 fully saturated rings. The van der Waals surface area contributed by atoms with Gasteiger partial charge in [0.15, 0.2) is 0 Å². The van der Waals surface area contributed by atoms with Gasteiger partial charge in [-0.15, -0.1) is 0 Å². The topological polar surface area (TPSA) is 188 Å². The van der Waals surface area contributed by atoms with Crippen LogP contribution in [0.4, 0.5) is 0 Å². The summed E-state index contributed by atoms with van der Waals surface area (Å²) in [5.74, 6) is 9.94. The molecule has 5 N–H and O–H groups in total. The summed E-state index contributed by atoms with van der Waals surface area (Å²) in [5.41, 5.74) is 2.89. The lowest BCUT2D eigenvalue weighted by molar-refractivity contribution is -0.144. The smallest absolute Gasteiger partial charge is 0.246 e. The van der Waals surface area contributed by atoms with Crippen LogP contribution in [0.25, 0.3) is 0 Å². The van der Waals surface area contributed by atoms with Gasteiger partial charge >= 0.3 is 0 Å². The largest absolute Gasteiger partial charge is 0.363 e. The molecule has 15 heteroatoms. The number of fused-ring (bicyclic) bond motifs is 2. The molecule has 15 nitrogen and oxygen atoms in total. The normalized spacial score (nSPS) is 23.3. The number of benzene rings is 2. The van der Waals surface area contributed by atoms with Crippen LogP contribution in [0.3, 0.4) is 0 Å². The average Bonchev–Trinajstić information content (AvgIpc) is 4.15. The molecule has 0 bridgehead atoms. The molecule has 0 radical (unpaired) electrons. The highest BCUT2D eigenvalue weighted by Crippen LogP contribution is 2.36. The molecule has 0 unspecified atom stereocenters. The average molecular weight is 962 g/mol. The summed E-state index contributed by atoms with van der Waals surface area (Å²) in [7, 11) is 1.69. The molecule has 4 aliphatic rings. The van der Waals surface area contributed by atoms with Crippen LogP contribution in [0.2, 0.25) is 0 Å². The van der Waals surface area contributed by atoms with Crippen LogP contribution in [0.1, 0.15) is 129 Å². The maximum absolute atomic E-state index is 14.1.